The smallest absolute Gasteiger partial charge is 0.0645 e. The first-order valence-corrected chi connectivity index (χ1v) is 5.24. The van der Waals surface area contributed by atoms with Crippen molar-refractivity contribution in [3.63, 3.8) is 0 Å². The molecule has 13 heavy (non-hydrogen) atoms. The van der Waals surface area contributed by atoms with E-state index in [9.17, 15) is 0 Å². The summed E-state index contributed by atoms with van der Waals surface area (Å²) in [7, 11) is 0. The van der Waals surface area contributed by atoms with Crippen LogP contribution in [0, 0.1) is 0 Å². The highest BCUT2D eigenvalue weighted by atomic mass is 35.5. The molecule has 0 spiro atoms. The highest BCUT2D eigenvalue weighted by Crippen LogP contribution is 2.18. The molecular formula is C10H18ClNO. The van der Waals surface area contributed by atoms with Gasteiger partial charge in [-0.3, -0.25) is 4.90 Å². The van der Waals surface area contributed by atoms with Crippen LogP contribution < -0.4 is 0 Å². The van der Waals surface area contributed by atoms with Crippen molar-refractivity contribution in [2.45, 2.75) is 19.4 Å². The van der Waals surface area contributed by atoms with Gasteiger partial charge >= 0.3 is 0 Å². The van der Waals surface area contributed by atoms with Gasteiger partial charge in [0.2, 0.25) is 0 Å². The fraction of sp³-hybridized carbons (Fsp3) is 0.800. The van der Waals surface area contributed by atoms with Crippen molar-refractivity contribution in [2.75, 3.05) is 32.2 Å². The van der Waals surface area contributed by atoms with Gasteiger partial charge in [0, 0.05) is 24.5 Å². The molecule has 0 N–H and O–H groups in total. The first kappa shape index (κ1) is 11.0. The van der Waals surface area contributed by atoms with Crippen molar-refractivity contribution in [3.05, 3.63) is 12.2 Å². The minimum Gasteiger partial charge on any atom is -0.378 e. The average Bonchev–Trinajstić information content (AvgIpc) is 2.08. The molecule has 0 atom stereocenters. The van der Waals surface area contributed by atoms with Gasteiger partial charge in [0.15, 0.2) is 0 Å². The van der Waals surface area contributed by atoms with Crippen LogP contribution in [-0.4, -0.2) is 42.6 Å². The molecule has 1 aliphatic heterocycles. The lowest BCUT2D eigenvalue weighted by atomic mass is 10.0. The van der Waals surface area contributed by atoms with Gasteiger partial charge in [-0.15, -0.1) is 11.6 Å². The van der Waals surface area contributed by atoms with E-state index in [1.807, 2.05) is 6.08 Å². The van der Waals surface area contributed by atoms with Crippen molar-refractivity contribution < 1.29 is 4.74 Å². The van der Waals surface area contributed by atoms with E-state index in [1.165, 1.54) is 0 Å². The molecule has 0 saturated carbocycles. The van der Waals surface area contributed by atoms with Gasteiger partial charge in [-0.25, -0.2) is 0 Å². The van der Waals surface area contributed by atoms with Crippen molar-refractivity contribution in [1.82, 2.24) is 4.90 Å². The fourth-order valence-corrected chi connectivity index (χ4v) is 1.62. The lowest BCUT2D eigenvalue weighted by Crippen LogP contribution is -2.52. The van der Waals surface area contributed by atoms with E-state index in [0.717, 1.165) is 26.3 Å². The minimum atomic E-state index is 0.162. The predicted molar refractivity (Wildman–Crippen MR) is 56.3 cm³/mol. The van der Waals surface area contributed by atoms with Gasteiger partial charge in [0.05, 0.1) is 13.2 Å². The monoisotopic (exact) mass is 203 g/mol. The molecule has 0 unspecified atom stereocenters. The third-order valence-corrected chi connectivity index (χ3v) is 2.58. The summed E-state index contributed by atoms with van der Waals surface area (Å²) in [5.41, 5.74) is 0.162. The zero-order chi connectivity index (χ0) is 9.73. The second kappa shape index (κ2) is 4.99. The summed E-state index contributed by atoms with van der Waals surface area (Å²) in [6.07, 6.45) is 4.12. The Kier molecular flexibility index (Phi) is 4.23. The summed E-state index contributed by atoms with van der Waals surface area (Å²) in [4.78, 5) is 2.42. The van der Waals surface area contributed by atoms with Crippen LogP contribution in [0.2, 0.25) is 0 Å². The number of nitrogens with zero attached hydrogens (tertiary/aromatic N) is 1. The Balaban J connectivity index is 2.41. The lowest BCUT2D eigenvalue weighted by molar-refractivity contribution is -0.0450. The minimum absolute atomic E-state index is 0.162. The van der Waals surface area contributed by atoms with Crippen molar-refractivity contribution in [2.24, 2.45) is 0 Å². The van der Waals surface area contributed by atoms with Crippen LogP contribution in [0.4, 0.5) is 0 Å². The van der Waals surface area contributed by atoms with Crippen LogP contribution in [0.3, 0.4) is 0 Å². The van der Waals surface area contributed by atoms with Crippen LogP contribution in [0.15, 0.2) is 12.2 Å². The number of morpholine rings is 1. The van der Waals surface area contributed by atoms with E-state index in [-0.39, 0.29) is 5.54 Å². The van der Waals surface area contributed by atoms with Crippen molar-refractivity contribution in [1.29, 1.82) is 0 Å². The molecule has 3 heteroatoms. The Labute approximate surface area is 85.5 Å². The van der Waals surface area contributed by atoms with Crippen molar-refractivity contribution in [3.8, 4) is 0 Å². The van der Waals surface area contributed by atoms with Crippen LogP contribution >= 0.6 is 11.6 Å². The largest absolute Gasteiger partial charge is 0.378 e. The zero-order valence-electron chi connectivity index (χ0n) is 8.42. The maximum atomic E-state index is 5.56. The van der Waals surface area contributed by atoms with Gasteiger partial charge in [0.25, 0.3) is 0 Å². The first-order valence-electron chi connectivity index (χ1n) is 4.70. The number of halogens is 1. The zero-order valence-corrected chi connectivity index (χ0v) is 9.18. The number of ether oxygens (including phenoxy) is 1. The normalized spacial score (nSPS) is 23.9. The Bertz CT molecular complexity index is 180. The third-order valence-electron chi connectivity index (χ3n) is 2.40. The molecule has 0 aliphatic carbocycles. The van der Waals surface area contributed by atoms with E-state index in [0.29, 0.717) is 5.88 Å². The van der Waals surface area contributed by atoms with Crippen LogP contribution in [0.25, 0.3) is 0 Å². The van der Waals surface area contributed by atoms with Crippen molar-refractivity contribution >= 4 is 11.6 Å². The van der Waals surface area contributed by atoms with Crippen LogP contribution in [0.5, 0.6) is 0 Å². The Hall–Kier alpha value is -0.0500. The van der Waals surface area contributed by atoms with E-state index < -0.39 is 0 Å². The summed E-state index contributed by atoms with van der Waals surface area (Å²) in [6, 6.07) is 0. The second-order valence-corrected chi connectivity index (χ2v) is 4.25. The first-order chi connectivity index (χ1) is 6.17. The summed E-state index contributed by atoms with van der Waals surface area (Å²) < 4.78 is 5.43. The van der Waals surface area contributed by atoms with E-state index in [4.69, 9.17) is 16.3 Å². The summed E-state index contributed by atoms with van der Waals surface area (Å²) >= 11 is 5.56. The Morgan fingerprint density at radius 2 is 2.23 bits per heavy atom. The third kappa shape index (κ3) is 3.29. The predicted octanol–water partition coefficient (Wildman–Crippen LogP) is 1.89. The van der Waals surface area contributed by atoms with Gasteiger partial charge in [-0.1, -0.05) is 12.2 Å². The quantitative estimate of drug-likeness (QED) is 0.513. The van der Waals surface area contributed by atoms with E-state index >= 15 is 0 Å². The van der Waals surface area contributed by atoms with Gasteiger partial charge in [-0.05, 0) is 13.8 Å². The highest BCUT2D eigenvalue weighted by Gasteiger charge is 2.29. The lowest BCUT2D eigenvalue weighted by Gasteiger charge is -2.41. The van der Waals surface area contributed by atoms with E-state index in [2.05, 4.69) is 24.8 Å². The molecule has 0 amide bonds. The Morgan fingerprint density at radius 1 is 1.46 bits per heavy atom. The molecule has 0 aromatic rings. The van der Waals surface area contributed by atoms with Gasteiger partial charge in [-0.2, -0.15) is 0 Å². The average molecular weight is 204 g/mol. The van der Waals surface area contributed by atoms with E-state index in [1.54, 1.807) is 0 Å². The molecule has 0 bridgehead atoms. The molecule has 0 aromatic heterocycles. The molecule has 1 rings (SSSR count). The number of hydrogen-bond donors (Lipinski definition) is 0. The summed E-state index contributed by atoms with van der Waals surface area (Å²) in [5, 5.41) is 0. The number of allylic oxidation sites excluding steroid dienone is 1. The Morgan fingerprint density at radius 3 is 2.85 bits per heavy atom. The molecule has 1 aliphatic rings. The topological polar surface area (TPSA) is 12.5 Å². The molecule has 1 heterocycles. The second-order valence-electron chi connectivity index (χ2n) is 3.94. The maximum absolute atomic E-state index is 5.56. The summed E-state index contributed by atoms with van der Waals surface area (Å²) in [6.45, 7) is 8.07. The molecule has 76 valence electrons. The SMILES string of the molecule is CC1(C)COCCN1CC=CCCl. The molecule has 2 nitrogen and oxygen atoms in total. The molecule has 1 fully saturated rings. The summed E-state index contributed by atoms with van der Waals surface area (Å²) in [5.74, 6) is 0.602. The van der Waals surface area contributed by atoms with Crippen LogP contribution in [-0.2, 0) is 4.74 Å². The fourth-order valence-electron chi connectivity index (χ4n) is 1.49. The standard InChI is InChI=1S/C10H18ClNO/c1-10(2)9-13-8-7-12(10)6-4-3-5-11/h3-4H,5-9H2,1-2H3. The molecule has 0 radical (unpaired) electrons. The molecule has 1 saturated heterocycles. The highest BCUT2D eigenvalue weighted by molar-refractivity contribution is 6.18. The van der Waals surface area contributed by atoms with Gasteiger partial charge in [0.1, 0.15) is 0 Å². The number of rotatable bonds is 3. The molecule has 0 aromatic carbocycles. The number of hydrogen-bond acceptors (Lipinski definition) is 2. The van der Waals surface area contributed by atoms with Crippen LogP contribution in [0.1, 0.15) is 13.8 Å². The number of alkyl halides is 1. The maximum Gasteiger partial charge on any atom is 0.0645 e. The van der Waals surface area contributed by atoms with Gasteiger partial charge < -0.3 is 4.74 Å². The molecular weight excluding hydrogens is 186 g/mol.